The van der Waals surface area contributed by atoms with Crippen molar-refractivity contribution < 1.29 is 14.3 Å². The molecule has 0 bridgehead atoms. The molecule has 2 aromatic carbocycles. The van der Waals surface area contributed by atoms with Crippen molar-refractivity contribution in [3.8, 4) is 11.5 Å². The molecule has 1 amide bonds. The number of aromatic nitrogens is 2. The van der Waals surface area contributed by atoms with E-state index >= 15 is 0 Å². The number of carbonyl (C=O) groups excluding carboxylic acids is 1. The molecule has 1 saturated heterocycles. The molecule has 6 heteroatoms. The van der Waals surface area contributed by atoms with Crippen molar-refractivity contribution in [2.45, 2.75) is 32.7 Å². The van der Waals surface area contributed by atoms with Crippen LogP contribution in [0.4, 0.5) is 0 Å². The van der Waals surface area contributed by atoms with Crippen LogP contribution in [0.3, 0.4) is 0 Å². The third kappa shape index (κ3) is 4.13. The Morgan fingerprint density at radius 2 is 1.80 bits per heavy atom. The summed E-state index contributed by atoms with van der Waals surface area (Å²) in [6, 6.07) is 13.9. The fourth-order valence-electron chi connectivity index (χ4n) is 4.10. The van der Waals surface area contributed by atoms with Crippen LogP contribution in [-0.2, 0) is 17.8 Å². The summed E-state index contributed by atoms with van der Waals surface area (Å²) in [6.45, 7) is 4.26. The van der Waals surface area contributed by atoms with E-state index in [9.17, 15) is 4.79 Å². The number of hydrogen-bond acceptors (Lipinski definition) is 4. The van der Waals surface area contributed by atoms with Gasteiger partial charge in [0.15, 0.2) is 11.5 Å². The fraction of sp³-hybridized carbons (Fsp3) is 0.417. The van der Waals surface area contributed by atoms with Crippen molar-refractivity contribution >= 4 is 16.9 Å². The number of fused-ring (bicyclic) bond motifs is 1. The van der Waals surface area contributed by atoms with E-state index in [1.807, 2.05) is 47.4 Å². The van der Waals surface area contributed by atoms with E-state index in [4.69, 9.17) is 14.5 Å². The van der Waals surface area contributed by atoms with Crippen molar-refractivity contribution in [3.05, 3.63) is 53.9 Å². The molecular formula is C24H29N3O3. The van der Waals surface area contributed by atoms with Crippen LogP contribution in [-0.4, -0.2) is 47.7 Å². The second-order valence-electron chi connectivity index (χ2n) is 8.03. The van der Waals surface area contributed by atoms with Crippen LogP contribution >= 0.6 is 0 Å². The maximum Gasteiger partial charge on any atom is 0.242 e. The average Bonchev–Trinajstić information content (AvgIpc) is 3.11. The minimum atomic E-state index is 0.165. The number of amides is 1. The fourth-order valence-corrected chi connectivity index (χ4v) is 4.10. The lowest BCUT2D eigenvalue weighted by molar-refractivity contribution is -0.133. The number of benzene rings is 2. The highest BCUT2D eigenvalue weighted by Gasteiger charge is 2.22. The van der Waals surface area contributed by atoms with Gasteiger partial charge in [-0.05, 0) is 48.6 Å². The highest BCUT2D eigenvalue weighted by Crippen LogP contribution is 2.29. The van der Waals surface area contributed by atoms with Gasteiger partial charge in [0.1, 0.15) is 12.4 Å². The lowest BCUT2D eigenvalue weighted by Gasteiger charge is -2.30. The Bertz CT molecular complexity index is 1040. The van der Waals surface area contributed by atoms with Crippen LogP contribution in [0, 0.1) is 5.92 Å². The van der Waals surface area contributed by atoms with Crippen LogP contribution in [0.25, 0.3) is 11.0 Å². The third-order valence-corrected chi connectivity index (χ3v) is 5.97. The normalized spacial score (nSPS) is 14.8. The second kappa shape index (κ2) is 8.78. The van der Waals surface area contributed by atoms with Gasteiger partial charge in [0.2, 0.25) is 5.91 Å². The first-order chi connectivity index (χ1) is 14.6. The summed E-state index contributed by atoms with van der Waals surface area (Å²) in [6.07, 6.45) is 2.77. The summed E-state index contributed by atoms with van der Waals surface area (Å²) < 4.78 is 12.8. The molecule has 1 aliphatic rings. The van der Waals surface area contributed by atoms with Crippen molar-refractivity contribution in [1.29, 1.82) is 0 Å². The molecule has 0 spiro atoms. The lowest BCUT2D eigenvalue weighted by Crippen LogP contribution is -2.39. The predicted molar refractivity (Wildman–Crippen MR) is 117 cm³/mol. The summed E-state index contributed by atoms with van der Waals surface area (Å²) in [5.74, 6) is 3.13. The SMILES string of the molecule is COc1ccc(Cc2nc3ccccc3n2CC(=O)N2CCC(C)CC2)cc1OC. The molecule has 3 aromatic rings. The maximum absolute atomic E-state index is 13.0. The summed E-state index contributed by atoms with van der Waals surface area (Å²) in [7, 11) is 3.26. The molecule has 0 aliphatic carbocycles. The van der Waals surface area contributed by atoms with E-state index in [1.165, 1.54) is 0 Å². The van der Waals surface area contributed by atoms with Crippen LogP contribution < -0.4 is 9.47 Å². The van der Waals surface area contributed by atoms with E-state index in [1.54, 1.807) is 14.2 Å². The van der Waals surface area contributed by atoms with Crippen molar-refractivity contribution in [2.24, 2.45) is 5.92 Å². The number of methoxy groups -OCH3 is 2. The molecule has 158 valence electrons. The quantitative estimate of drug-likeness (QED) is 0.622. The summed E-state index contributed by atoms with van der Waals surface area (Å²) >= 11 is 0. The van der Waals surface area contributed by atoms with Gasteiger partial charge in [0, 0.05) is 19.5 Å². The second-order valence-corrected chi connectivity index (χ2v) is 8.03. The molecule has 0 atom stereocenters. The van der Waals surface area contributed by atoms with E-state index in [-0.39, 0.29) is 5.91 Å². The smallest absolute Gasteiger partial charge is 0.242 e. The van der Waals surface area contributed by atoms with Gasteiger partial charge in [-0.25, -0.2) is 4.98 Å². The molecule has 0 N–H and O–H groups in total. The van der Waals surface area contributed by atoms with Gasteiger partial charge >= 0.3 is 0 Å². The summed E-state index contributed by atoms with van der Waals surface area (Å²) in [4.78, 5) is 19.9. The highest BCUT2D eigenvalue weighted by molar-refractivity contribution is 5.81. The van der Waals surface area contributed by atoms with E-state index in [0.29, 0.717) is 30.4 Å². The van der Waals surface area contributed by atoms with Crippen LogP contribution in [0.5, 0.6) is 11.5 Å². The Balaban J connectivity index is 1.63. The number of nitrogens with zero attached hydrogens (tertiary/aromatic N) is 3. The monoisotopic (exact) mass is 407 g/mol. The first-order valence-corrected chi connectivity index (χ1v) is 10.5. The zero-order valence-electron chi connectivity index (χ0n) is 17.9. The Kier molecular flexibility index (Phi) is 5.93. The molecule has 1 aromatic heterocycles. The van der Waals surface area contributed by atoms with Gasteiger partial charge in [-0.1, -0.05) is 25.1 Å². The zero-order chi connectivity index (χ0) is 21.1. The number of imidazole rings is 1. The molecule has 0 saturated carbocycles. The first kappa shape index (κ1) is 20.3. The van der Waals surface area contributed by atoms with E-state index in [2.05, 4.69) is 11.5 Å². The Morgan fingerprint density at radius 1 is 1.07 bits per heavy atom. The number of likely N-dealkylation sites (tertiary alicyclic amines) is 1. The van der Waals surface area contributed by atoms with Crippen molar-refractivity contribution in [2.75, 3.05) is 27.3 Å². The highest BCUT2D eigenvalue weighted by atomic mass is 16.5. The van der Waals surface area contributed by atoms with E-state index in [0.717, 1.165) is 48.4 Å². The van der Waals surface area contributed by atoms with Gasteiger partial charge in [0.25, 0.3) is 0 Å². The largest absolute Gasteiger partial charge is 0.493 e. The van der Waals surface area contributed by atoms with Gasteiger partial charge < -0.3 is 18.9 Å². The third-order valence-electron chi connectivity index (χ3n) is 5.97. The van der Waals surface area contributed by atoms with Gasteiger partial charge in [-0.2, -0.15) is 0 Å². The maximum atomic E-state index is 13.0. The molecule has 1 aliphatic heterocycles. The van der Waals surface area contributed by atoms with Crippen molar-refractivity contribution in [3.63, 3.8) is 0 Å². The topological polar surface area (TPSA) is 56.6 Å². The molecule has 0 radical (unpaired) electrons. The molecule has 6 nitrogen and oxygen atoms in total. The molecule has 2 heterocycles. The predicted octanol–water partition coefficient (Wildman–Crippen LogP) is 3.90. The number of piperidine rings is 1. The Labute approximate surface area is 177 Å². The van der Waals surface area contributed by atoms with Crippen molar-refractivity contribution in [1.82, 2.24) is 14.5 Å². The lowest BCUT2D eigenvalue weighted by atomic mass is 9.99. The summed E-state index contributed by atoms with van der Waals surface area (Å²) in [5.41, 5.74) is 2.96. The number of ether oxygens (including phenoxy) is 2. The van der Waals surface area contributed by atoms with Crippen LogP contribution in [0.2, 0.25) is 0 Å². The molecule has 1 fully saturated rings. The minimum absolute atomic E-state index is 0.165. The number of rotatable bonds is 6. The Hall–Kier alpha value is -3.02. The van der Waals surface area contributed by atoms with Gasteiger partial charge in [0.05, 0.1) is 25.3 Å². The van der Waals surface area contributed by atoms with E-state index < -0.39 is 0 Å². The number of carbonyl (C=O) groups is 1. The molecule has 4 rings (SSSR count). The average molecular weight is 408 g/mol. The van der Waals surface area contributed by atoms with Gasteiger partial charge in [-0.15, -0.1) is 0 Å². The molecule has 30 heavy (non-hydrogen) atoms. The molecule has 0 unspecified atom stereocenters. The molecular weight excluding hydrogens is 378 g/mol. The minimum Gasteiger partial charge on any atom is -0.493 e. The first-order valence-electron chi connectivity index (χ1n) is 10.5. The van der Waals surface area contributed by atoms with Gasteiger partial charge in [-0.3, -0.25) is 4.79 Å². The number of hydrogen-bond donors (Lipinski definition) is 0. The number of para-hydroxylation sites is 2. The van der Waals surface area contributed by atoms with Crippen LogP contribution in [0.1, 0.15) is 31.2 Å². The zero-order valence-corrected chi connectivity index (χ0v) is 17.9. The Morgan fingerprint density at radius 3 is 2.53 bits per heavy atom. The standard InChI is InChI=1S/C24H29N3O3/c1-17-10-12-26(13-11-17)24(28)16-27-20-7-5-4-6-19(20)25-23(27)15-18-8-9-21(29-2)22(14-18)30-3/h4-9,14,17H,10-13,15-16H2,1-3H3. The van der Waals surface area contributed by atoms with Crippen LogP contribution in [0.15, 0.2) is 42.5 Å². The summed E-state index contributed by atoms with van der Waals surface area (Å²) in [5, 5.41) is 0.